The molecule has 0 radical (unpaired) electrons. The molecule has 5 nitrogen and oxygen atoms in total. The standard InChI is InChI=1S/C19H23FN2O3S/c20-16-5-3-15(4-6-16)19(24)22-9-7-21(8-10-22)12-17(23)13-25-14-18-2-1-11-26-18/h1-6,11,17,23H,7-10,12-14H2. The van der Waals surface area contributed by atoms with Gasteiger partial charge in [0.1, 0.15) is 5.82 Å². The van der Waals surface area contributed by atoms with E-state index in [1.165, 1.54) is 24.3 Å². The van der Waals surface area contributed by atoms with Crippen molar-refractivity contribution in [2.24, 2.45) is 0 Å². The third-order valence-corrected chi connectivity index (χ3v) is 5.20. The molecule has 0 bridgehead atoms. The van der Waals surface area contributed by atoms with Crippen molar-refractivity contribution in [2.45, 2.75) is 12.7 Å². The molecule has 1 aliphatic rings. The number of hydrogen-bond acceptors (Lipinski definition) is 5. The fourth-order valence-electron chi connectivity index (χ4n) is 2.95. The number of β-amino-alcohol motifs (C(OH)–C–C–N with tert-alkyl or cyclic N) is 1. The van der Waals surface area contributed by atoms with Crippen LogP contribution in [0, 0.1) is 5.82 Å². The molecular formula is C19H23FN2O3S. The molecule has 1 aliphatic heterocycles. The van der Waals surface area contributed by atoms with E-state index in [9.17, 15) is 14.3 Å². The number of carbonyl (C=O) groups excluding carboxylic acids is 1. The van der Waals surface area contributed by atoms with Crippen molar-refractivity contribution in [3.05, 3.63) is 58.0 Å². The molecule has 1 fully saturated rings. The summed E-state index contributed by atoms with van der Waals surface area (Å²) in [7, 11) is 0. The molecule has 2 heterocycles. The molecule has 2 aromatic rings. The lowest BCUT2D eigenvalue weighted by molar-refractivity contribution is 0.00270. The molecule has 1 N–H and O–H groups in total. The van der Waals surface area contributed by atoms with Gasteiger partial charge in [0.05, 0.1) is 19.3 Å². The van der Waals surface area contributed by atoms with E-state index in [2.05, 4.69) is 4.90 Å². The molecule has 1 aromatic carbocycles. The van der Waals surface area contributed by atoms with Crippen molar-refractivity contribution in [3.63, 3.8) is 0 Å². The van der Waals surface area contributed by atoms with Crippen molar-refractivity contribution in [1.82, 2.24) is 9.80 Å². The van der Waals surface area contributed by atoms with Crippen LogP contribution in [-0.4, -0.2) is 66.2 Å². The number of piperazine rings is 1. The Morgan fingerprint density at radius 1 is 1.19 bits per heavy atom. The lowest BCUT2D eigenvalue weighted by Gasteiger charge is -2.35. The Balaban J connectivity index is 1.37. The molecular weight excluding hydrogens is 355 g/mol. The van der Waals surface area contributed by atoms with Gasteiger partial charge < -0.3 is 14.7 Å². The highest BCUT2D eigenvalue weighted by Crippen LogP contribution is 2.12. The first-order valence-corrected chi connectivity index (χ1v) is 9.55. The van der Waals surface area contributed by atoms with Gasteiger partial charge in [0.25, 0.3) is 5.91 Å². The number of rotatable bonds is 7. The minimum Gasteiger partial charge on any atom is -0.389 e. The van der Waals surface area contributed by atoms with Crippen molar-refractivity contribution in [1.29, 1.82) is 0 Å². The summed E-state index contributed by atoms with van der Waals surface area (Å²) in [6, 6.07) is 9.62. The highest BCUT2D eigenvalue weighted by molar-refractivity contribution is 7.09. The minimum absolute atomic E-state index is 0.0792. The van der Waals surface area contributed by atoms with Gasteiger partial charge in [0.15, 0.2) is 0 Å². The van der Waals surface area contributed by atoms with E-state index in [0.29, 0.717) is 51.5 Å². The zero-order chi connectivity index (χ0) is 18.4. The Kier molecular flexibility index (Phi) is 6.73. The number of aliphatic hydroxyl groups is 1. The van der Waals surface area contributed by atoms with Crippen LogP contribution in [0.3, 0.4) is 0 Å². The van der Waals surface area contributed by atoms with E-state index in [4.69, 9.17) is 4.74 Å². The normalized spacial score (nSPS) is 16.6. The largest absolute Gasteiger partial charge is 0.389 e. The van der Waals surface area contributed by atoms with E-state index in [1.54, 1.807) is 16.2 Å². The van der Waals surface area contributed by atoms with E-state index < -0.39 is 6.10 Å². The molecule has 1 atom stereocenters. The Morgan fingerprint density at radius 3 is 2.58 bits per heavy atom. The average Bonchev–Trinajstić information content (AvgIpc) is 3.16. The van der Waals surface area contributed by atoms with E-state index in [0.717, 1.165) is 4.88 Å². The second kappa shape index (κ2) is 9.23. The number of halogens is 1. The van der Waals surface area contributed by atoms with Crippen molar-refractivity contribution in [2.75, 3.05) is 39.3 Å². The van der Waals surface area contributed by atoms with Crippen LogP contribution in [-0.2, 0) is 11.3 Å². The van der Waals surface area contributed by atoms with Gasteiger partial charge in [-0.25, -0.2) is 4.39 Å². The van der Waals surface area contributed by atoms with Crippen LogP contribution in [0.1, 0.15) is 15.2 Å². The first kappa shape index (κ1) is 19.0. The molecule has 1 unspecified atom stereocenters. The zero-order valence-electron chi connectivity index (χ0n) is 14.5. The maximum atomic E-state index is 13.0. The van der Waals surface area contributed by atoms with E-state index >= 15 is 0 Å². The van der Waals surface area contributed by atoms with E-state index in [1.807, 2.05) is 17.5 Å². The Labute approximate surface area is 156 Å². The predicted molar refractivity (Wildman–Crippen MR) is 98.7 cm³/mol. The Hall–Kier alpha value is -1.80. The third kappa shape index (κ3) is 5.35. The lowest BCUT2D eigenvalue weighted by atomic mass is 10.1. The van der Waals surface area contributed by atoms with Crippen LogP contribution < -0.4 is 0 Å². The number of nitrogens with zero attached hydrogens (tertiary/aromatic N) is 2. The van der Waals surface area contributed by atoms with Gasteiger partial charge in [-0.1, -0.05) is 6.07 Å². The minimum atomic E-state index is -0.547. The lowest BCUT2D eigenvalue weighted by Crippen LogP contribution is -2.50. The van der Waals surface area contributed by atoms with Crippen molar-refractivity contribution in [3.8, 4) is 0 Å². The summed E-state index contributed by atoms with van der Waals surface area (Å²) in [6.45, 7) is 3.95. The molecule has 1 saturated heterocycles. The third-order valence-electron chi connectivity index (χ3n) is 4.35. The number of carbonyl (C=O) groups is 1. The van der Waals surface area contributed by atoms with E-state index in [-0.39, 0.29) is 11.7 Å². The zero-order valence-corrected chi connectivity index (χ0v) is 15.3. The van der Waals surface area contributed by atoms with Gasteiger partial charge in [0, 0.05) is 43.2 Å². The van der Waals surface area contributed by atoms with Gasteiger partial charge in [-0.2, -0.15) is 0 Å². The molecule has 3 rings (SSSR count). The summed E-state index contributed by atoms with van der Waals surface area (Å²) in [5.41, 5.74) is 0.502. The van der Waals surface area contributed by atoms with Crippen molar-refractivity contribution < 1.29 is 19.0 Å². The summed E-state index contributed by atoms with van der Waals surface area (Å²) in [6.07, 6.45) is -0.547. The monoisotopic (exact) mass is 378 g/mol. The summed E-state index contributed by atoms with van der Waals surface area (Å²) >= 11 is 1.64. The molecule has 0 aliphatic carbocycles. The molecule has 0 saturated carbocycles. The topological polar surface area (TPSA) is 53.0 Å². The van der Waals surface area contributed by atoms with Crippen molar-refractivity contribution >= 4 is 17.2 Å². The maximum absolute atomic E-state index is 13.0. The number of hydrogen-bond donors (Lipinski definition) is 1. The first-order valence-electron chi connectivity index (χ1n) is 8.67. The van der Waals surface area contributed by atoms with Crippen LogP contribution in [0.4, 0.5) is 4.39 Å². The fourth-order valence-corrected chi connectivity index (χ4v) is 3.59. The first-order chi connectivity index (χ1) is 12.6. The van der Waals surface area contributed by atoms with Gasteiger partial charge in [0.2, 0.25) is 0 Å². The summed E-state index contributed by atoms with van der Waals surface area (Å²) in [4.78, 5) is 17.5. The number of amides is 1. The van der Waals surface area contributed by atoms with Crippen LogP contribution in [0.5, 0.6) is 0 Å². The second-order valence-electron chi connectivity index (χ2n) is 6.35. The summed E-state index contributed by atoms with van der Waals surface area (Å²) < 4.78 is 18.5. The summed E-state index contributed by atoms with van der Waals surface area (Å²) in [5, 5.41) is 12.1. The highest BCUT2D eigenvalue weighted by Gasteiger charge is 2.23. The van der Waals surface area contributed by atoms with Gasteiger partial charge in [-0.15, -0.1) is 11.3 Å². The SMILES string of the molecule is O=C(c1ccc(F)cc1)N1CCN(CC(O)COCc2cccs2)CC1. The van der Waals surface area contributed by atoms with Crippen LogP contribution in [0.25, 0.3) is 0 Å². The average molecular weight is 378 g/mol. The second-order valence-corrected chi connectivity index (χ2v) is 7.38. The van der Waals surface area contributed by atoms with Gasteiger partial charge in [-0.05, 0) is 35.7 Å². The molecule has 1 aromatic heterocycles. The van der Waals surface area contributed by atoms with Gasteiger partial charge >= 0.3 is 0 Å². The highest BCUT2D eigenvalue weighted by atomic mass is 32.1. The quantitative estimate of drug-likeness (QED) is 0.803. The predicted octanol–water partition coefficient (Wildman–Crippen LogP) is 2.22. The molecule has 26 heavy (non-hydrogen) atoms. The molecule has 1 amide bonds. The molecule has 140 valence electrons. The number of thiophene rings is 1. The van der Waals surface area contributed by atoms with Crippen LogP contribution >= 0.6 is 11.3 Å². The maximum Gasteiger partial charge on any atom is 0.253 e. The fraction of sp³-hybridized carbons (Fsp3) is 0.421. The number of ether oxygens (including phenoxy) is 1. The van der Waals surface area contributed by atoms with Gasteiger partial charge in [-0.3, -0.25) is 9.69 Å². The Bertz CT molecular complexity index is 685. The Morgan fingerprint density at radius 2 is 1.92 bits per heavy atom. The number of benzene rings is 1. The number of aliphatic hydroxyl groups excluding tert-OH is 1. The molecule has 0 spiro atoms. The molecule has 7 heteroatoms. The summed E-state index contributed by atoms with van der Waals surface area (Å²) in [5.74, 6) is -0.425. The van der Waals surface area contributed by atoms with Crippen LogP contribution in [0.15, 0.2) is 41.8 Å². The van der Waals surface area contributed by atoms with Crippen LogP contribution in [0.2, 0.25) is 0 Å². The smallest absolute Gasteiger partial charge is 0.253 e.